The van der Waals surface area contributed by atoms with Crippen LogP contribution in [0.25, 0.3) is 11.5 Å². The van der Waals surface area contributed by atoms with Crippen molar-refractivity contribution < 1.29 is 0 Å². The van der Waals surface area contributed by atoms with Gasteiger partial charge in [-0.1, -0.05) is 0 Å². The average molecular weight is 412 g/mol. The summed E-state index contributed by atoms with van der Waals surface area (Å²) >= 11 is 6.93. The van der Waals surface area contributed by atoms with Gasteiger partial charge in [-0.2, -0.15) is 0 Å². The van der Waals surface area contributed by atoms with Gasteiger partial charge < -0.3 is 5.32 Å². The second-order valence-electron chi connectivity index (χ2n) is 5.34. The zero-order chi connectivity index (χ0) is 15.0. The van der Waals surface area contributed by atoms with E-state index in [0.29, 0.717) is 11.9 Å². The van der Waals surface area contributed by atoms with Gasteiger partial charge in [0.1, 0.15) is 5.69 Å². The van der Waals surface area contributed by atoms with E-state index in [1.54, 1.807) is 6.20 Å². The van der Waals surface area contributed by atoms with Crippen LogP contribution in [0.5, 0.6) is 0 Å². The number of rotatable bonds is 4. The van der Waals surface area contributed by atoms with E-state index in [-0.39, 0.29) is 0 Å². The number of hydrogen-bond acceptors (Lipinski definition) is 4. The maximum atomic E-state index is 4.63. The van der Waals surface area contributed by atoms with Crippen LogP contribution < -0.4 is 5.32 Å². The average Bonchev–Trinajstić information content (AvgIpc) is 3.21. The predicted octanol–water partition coefficient (Wildman–Crippen LogP) is 3.93. The summed E-state index contributed by atoms with van der Waals surface area (Å²) < 4.78 is 1.82. The Kier molecular flexibility index (Phi) is 4.38. The lowest BCUT2D eigenvalue weighted by Gasteiger charge is -2.12. The van der Waals surface area contributed by atoms with Gasteiger partial charge in [0.05, 0.1) is 0 Å². The standard InChI is InChI=1S/C15H16Br2N4/c1-8-12(7-18-11-3-4-11)9(2)21-15(20-8)14-13(17)5-10(16)6-19-14/h5-6,11,18H,3-4,7H2,1-2H3. The van der Waals surface area contributed by atoms with Crippen LogP contribution in [0.3, 0.4) is 0 Å². The number of nitrogens with zero attached hydrogens (tertiary/aromatic N) is 3. The highest BCUT2D eigenvalue weighted by atomic mass is 79.9. The van der Waals surface area contributed by atoms with Crippen molar-refractivity contribution in [1.29, 1.82) is 0 Å². The molecule has 1 saturated carbocycles. The van der Waals surface area contributed by atoms with E-state index < -0.39 is 0 Å². The number of aromatic nitrogens is 3. The number of pyridine rings is 1. The first-order valence-corrected chi connectivity index (χ1v) is 8.52. The van der Waals surface area contributed by atoms with Gasteiger partial charge in [-0.25, -0.2) is 9.97 Å². The normalized spacial score (nSPS) is 14.5. The summed E-state index contributed by atoms with van der Waals surface area (Å²) in [6.45, 7) is 4.92. The lowest BCUT2D eigenvalue weighted by molar-refractivity contribution is 0.675. The zero-order valence-corrected chi connectivity index (χ0v) is 15.1. The van der Waals surface area contributed by atoms with Gasteiger partial charge >= 0.3 is 0 Å². The van der Waals surface area contributed by atoms with Crippen molar-refractivity contribution in [3.63, 3.8) is 0 Å². The minimum atomic E-state index is 0.666. The van der Waals surface area contributed by atoms with Crippen molar-refractivity contribution in [2.45, 2.75) is 39.3 Å². The third-order valence-corrected chi connectivity index (χ3v) is 4.62. The Hall–Kier alpha value is -0.850. The second kappa shape index (κ2) is 6.10. The van der Waals surface area contributed by atoms with Gasteiger partial charge in [0.2, 0.25) is 0 Å². The highest BCUT2D eigenvalue weighted by Crippen LogP contribution is 2.27. The molecule has 4 nitrogen and oxygen atoms in total. The fourth-order valence-electron chi connectivity index (χ4n) is 2.21. The summed E-state index contributed by atoms with van der Waals surface area (Å²) in [6, 6.07) is 2.64. The first-order valence-electron chi connectivity index (χ1n) is 6.93. The van der Waals surface area contributed by atoms with Crippen LogP contribution in [0.15, 0.2) is 21.2 Å². The molecule has 0 spiro atoms. The molecule has 0 aromatic carbocycles. The maximum Gasteiger partial charge on any atom is 0.179 e. The number of nitrogens with one attached hydrogen (secondary N) is 1. The molecule has 0 atom stereocenters. The van der Waals surface area contributed by atoms with Gasteiger partial charge in [0, 0.05) is 44.7 Å². The van der Waals surface area contributed by atoms with Crippen LogP contribution in [0.4, 0.5) is 0 Å². The Morgan fingerprint density at radius 2 is 1.86 bits per heavy atom. The van der Waals surface area contributed by atoms with E-state index in [1.807, 2.05) is 19.9 Å². The largest absolute Gasteiger partial charge is 0.310 e. The fourth-order valence-corrected chi connectivity index (χ4v) is 3.38. The summed E-state index contributed by atoms with van der Waals surface area (Å²) in [4.78, 5) is 13.7. The van der Waals surface area contributed by atoms with Crippen molar-refractivity contribution in [2.24, 2.45) is 0 Å². The second-order valence-corrected chi connectivity index (χ2v) is 7.11. The van der Waals surface area contributed by atoms with Crippen LogP contribution in [0, 0.1) is 13.8 Å². The van der Waals surface area contributed by atoms with Crippen molar-refractivity contribution >= 4 is 31.9 Å². The van der Waals surface area contributed by atoms with Gasteiger partial charge in [0.25, 0.3) is 0 Å². The molecular weight excluding hydrogens is 396 g/mol. The molecule has 0 saturated heterocycles. The monoisotopic (exact) mass is 410 g/mol. The van der Waals surface area contributed by atoms with Crippen molar-refractivity contribution in [2.75, 3.05) is 0 Å². The topological polar surface area (TPSA) is 50.7 Å². The molecule has 2 aromatic rings. The molecule has 0 unspecified atom stereocenters. The fraction of sp³-hybridized carbons (Fsp3) is 0.400. The highest BCUT2D eigenvalue weighted by molar-refractivity contribution is 9.11. The van der Waals surface area contributed by atoms with Gasteiger partial charge in [-0.05, 0) is 64.6 Å². The summed E-state index contributed by atoms with van der Waals surface area (Å²) in [6.07, 6.45) is 4.33. The van der Waals surface area contributed by atoms with Crippen molar-refractivity contribution in [1.82, 2.24) is 20.3 Å². The van der Waals surface area contributed by atoms with Crippen molar-refractivity contribution in [3.8, 4) is 11.5 Å². The molecule has 0 radical (unpaired) electrons. The summed E-state index contributed by atoms with van der Waals surface area (Å²) in [5, 5.41) is 3.52. The molecular formula is C15H16Br2N4. The molecule has 0 amide bonds. The Morgan fingerprint density at radius 3 is 2.43 bits per heavy atom. The van der Waals surface area contributed by atoms with Crippen LogP contribution >= 0.6 is 31.9 Å². The molecule has 6 heteroatoms. The molecule has 2 aromatic heterocycles. The lowest BCUT2D eigenvalue weighted by atomic mass is 10.1. The molecule has 21 heavy (non-hydrogen) atoms. The molecule has 1 N–H and O–H groups in total. The first kappa shape index (κ1) is 15.1. The zero-order valence-electron chi connectivity index (χ0n) is 12.0. The number of hydrogen-bond donors (Lipinski definition) is 1. The molecule has 0 aliphatic heterocycles. The van der Waals surface area contributed by atoms with E-state index in [1.165, 1.54) is 18.4 Å². The minimum Gasteiger partial charge on any atom is -0.310 e. The van der Waals surface area contributed by atoms with E-state index >= 15 is 0 Å². The van der Waals surface area contributed by atoms with E-state index in [9.17, 15) is 0 Å². The highest BCUT2D eigenvalue weighted by Gasteiger charge is 2.21. The van der Waals surface area contributed by atoms with Crippen LogP contribution in [0.1, 0.15) is 29.8 Å². The quantitative estimate of drug-likeness (QED) is 0.827. The predicted molar refractivity (Wildman–Crippen MR) is 90.0 cm³/mol. The molecule has 1 fully saturated rings. The Morgan fingerprint density at radius 1 is 1.19 bits per heavy atom. The molecule has 3 rings (SSSR count). The SMILES string of the molecule is Cc1nc(-c2ncc(Br)cc2Br)nc(C)c1CNC1CC1. The molecule has 110 valence electrons. The van der Waals surface area contributed by atoms with Crippen LogP contribution in [-0.2, 0) is 6.54 Å². The molecule has 1 aliphatic rings. The van der Waals surface area contributed by atoms with Gasteiger partial charge in [-0.3, -0.25) is 4.98 Å². The number of aryl methyl sites for hydroxylation is 2. The van der Waals surface area contributed by atoms with Gasteiger partial charge in [-0.15, -0.1) is 0 Å². The Labute approximate surface area is 141 Å². The molecule has 2 heterocycles. The van der Waals surface area contributed by atoms with E-state index in [4.69, 9.17) is 0 Å². The lowest BCUT2D eigenvalue weighted by Crippen LogP contribution is -2.18. The van der Waals surface area contributed by atoms with Crippen LogP contribution in [0.2, 0.25) is 0 Å². The van der Waals surface area contributed by atoms with Crippen molar-refractivity contribution in [3.05, 3.63) is 38.2 Å². The smallest absolute Gasteiger partial charge is 0.179 e. The summed E-state index contributed by atoms with van der Waals surface area (Å²) in [7, 11) is 0. The maximum absolute atomic E-state index is 4.63. The molecule has 1 aliphatic carbocycles. The van der Waals surface area contributed by atoms with Gasteiger partial charge in [0.15, 0.2) is 5.82 Å². The third kappa shape index (κ3) is 3.49. The Balaban J connectivity index is 1.92. The van der Waals surface area contributed by atoms with Crippen LogP contribution in [-0.4, -0.2) is 21.0 Å². The Bertz CT molecular complexity index is 660. The van der Waals surface area contributed by atoms with E-state index in [0.717, 1.165) is 32.6 Å². The summed E-state index contributed by atoms with van der Waals surface area (Å²) in [5.74, 6) is 0.666. The summed E-state index contributed by atoms with van der Waals surface area (Å²) in [5.41, 5.74) is 3.99. The minimum absolute atomic E-state index is 0.666. The number of halogens is 2. The van der Waals surface area contributed by atoms with E-state index in [2.05, 4.69) is 52.1 Å². The first-order chi connectivity index (χ1) is 10.0. The molecule has 0 bridgehead atoms. The third-order valence-electron chi connectivity index (χ3n) is 3.59.